The van der Waals surface area contributed by atoms with E-state index in [1.807, 2.05) is 30.3 Å². The van der Waals surface area contributed by atoms with Crippen LogP contribution in [0.5, 0.6) is 17.2 Å². The van der Waals surface area contributed by atoms with Crippen LogP contribution in [0.1, 0.15) is 12.8 Å². The van der Waals surface area contributed by atoms with Gasteiger partial charge >= 0.3 is 0 Å². The van der Waals surface area contributed by atoms with Crippen molar-refractivity contribution in [2.45, 2.75) is 12.8 Å². The number of methoxy groups -OCH3 is 2. The standard InChI is InChI=1S/C22H26N2O5/c1-27-18-8-4-3-7-17(18)23-22(26)16-11-13-24(14-12-16)21(25)15-29-20-10-6-5-9-19(20)28-2/h3-10,16H,11-15H2,1-2H3,(H,23,26). The minimum Gasteiger partial charge on any atom is -0.495 e. The third-order valence-corrected chi connectivity index (χ3v) is 5.00. The van der Waals surface area contributed by atoms with Crippen molar-refractivity contribution in [2.24, 2.45) is 5.92 Å². The fourth-order valence-corrected chi connectivity index (χ4v) is 3.34. The molecule has 0 unspecified atom stereocenters. The van der Waals surface area contributed by atoms with Crippen LogP contribution in [0.25, 0.3) is 0 Å². The van der Waals surface area contributed by atoms with Gasteiger partial charge in [0.1, 0.15) is 5.75 Å². The summed E-state index contributed by atoms with van der Waals surface area (Å²) in [5.74, 6) is 1.47. The normalized spacial score (nSPS) is 14.2. The minimum absolute atomic E-state index is 0.0492. The van der Waals surface area contributed by atoms with Crippen molar-refractivity contribution < 1.29 is 23.8 Å². The zero-order valence-corrected chi connectivity index (χ0v) is 16.7. The Morgan fingerprint density at radius 3 is 2.17 bits per heavy atom. The number of para-hydroxylation sites is 4. The lowest BCUT2D eigenvalue weighted by Crippen LogP contribution is -2.43. The maximum Gasteiger partial charge on any atom is 0.260 e. The molecule has 0 atom stereocenters. The van der Waals surface area contributed by atoms with Gasteiger partial charge in [-0.2, -0.15) is 0 Å². The number of carbonyl (C=O) groups excluding carboxylic acids is 2. The molecule has 0 bridgehead atoms. The van der Waals surface area contributed by atoms with E-state index in [-0.39, 0.29) is 24.3 Å². The molecule has 154 valence electrons. The topological polar surface area (TPSA) is 77.1 Å². The van der Waals surface area contributed by atoms with Gasteiger partial charge in [-0.3, -0.25) is 9.59 Å². The molecule has 1 heterocycles. The molecular formula is C22H26N2O5. The molecule has 3 rings (SSSR count). The molecule has 0 aromatic heterocycles. The van der Waals surface area contributed by atoms with Crippen LogP contribution in [0.15, 0.2) is 48.5 Å². The fourth-order valence-electron chi connectivity index (χ4n) is 3.34. The molecule has 0 aliphatic carbocycles. The highest BCUT2D eigenvalue weighted by atomic mass is 16.5. The fraction of sp³-hybridized carbons (Fsp3) is 0.364. The Morgan fingerprint density at radius 1 is 0.931 bits per heavy atom. The SMILES string of the molecule is COc1ccccc1NC(=O)C1CCN(C(=O)COc2ccccc2OC)CC1. The Bertz CT molecular complexity index is 847. The first-order valence-electron chi connectivity index (χ1n) is 9.60. The van der Waals surface area contributed by atoms with Crippen LogP contribution in [-0.4, -0.2) is 50.6 Å². The summed E-state index contributed by atoms with van der Waals surface area (Å²) in [4.78, 5) is 26.8. The van der Waals surface area contributed by atoms with Gasteiger partial charge in [0.05, 0.1) is 19.9 Å². The lowest BCUT2D eigenvalue weighted by Gasteiger charge is -2.31. The molecule has 2 amide bonds. The van der Waals surface area contributed by atoms with Gasteiger partial charge in [-0.25, -0.2) is 0 Å². The van der Waals surface area contributed by atoms with Crippen molar-refractivity contribution in [1.82, 2.24) is 4.90 Å². The number of carbonyl (C=O) groups is 2. The summed E-state index contributed by atoms with van der Waals surface area (Å²) in [6.07, 6.45) is 1.22. The summed E-state index contributed by atoms with van der Waals surface area (Å²) >= 11 is 0. The van der Waals surface area contributed by atoms with Crippen LogP contribution >= 0.6 is 0 Å². The maximum atomic E-state index is 12.6. The monoisotopic (exact) mass is 398 g/mol. The third kappa shape index (κ3) is 5.19. The number of hydrogen-bond acceptors (Lipinski definition) is 5. The average Bonchev–Trinajstić information content (AvgIpc) is 2.78. The smallest absolute Gasteiger partial charge is 0.260 e. The molecule has 0 saturated carbocycles. The number of benzene rings is 2. The molecule has 0 radical (unpaired) electrons. The van der Waals surface area contributed by atoms with E-state index in [4.69, 9.17) is 14.2 Å². The number of piperidine rings is 1. The van der Waals surface area contributed by atoms with E-state index < -0.39 is 0 Å². The molecule has 29 heavy (non-hydrogen) atoms. The van der Waals surface area contributed by atoms with Crippen LogP contribution in [-0.2, 0) is 9.59 Å². The molecule has 0 spiro atoms. The lowest BCUT2D eigenvalue weighted by molar-refractivity contribution is -0.136. The first-order chi connectivity index (χ1) is 14.1. The second-order valence-electron chi connectivity index (χ2n) is 6.78. The summed E-state index contributed by atoms with van der Waals surface area (Å²) in [6, 6.07) is 14.5. The Hall–Kier alpha value is -3.22. The van der Waals surface area contributed by atoms with Crippen LogP contribution in [0, 0.1) is 5.92 Å². The lowest BCUT2D eigenvalue weighted by atomic mass is 9.95. The summed E-state index contributed by atoms with van der Waals surface area (Å²) < 4.78 is 16.1. The molecule has 7 heteroatoms. The van der Waals surface area contributed by atoms with E-state index in [1.165, 1.54) is 0 Å². The number of anilines is 1. The summed E-state index contributed by atoms with van der Waals surface area (Å²) in [6.45, 7) is 0.995. The number of nitrogens with one attached hydrogen (secondary N) is 1. The first-order valence-corrected chi connectivity index (χ1v) is 9.60. The largest absolute Gasteiger partial charge is 0.495 e. The van der Waals surface area contributed by atoms with Crippen molar-refractivity contribution in [3.05, 3.63) is 48.5 Å². The van der Waals surface area contributed by atoms with E-state index in [1.54, 1.807) is 37.3 Å². The van der Waals surface area contributed by atoms with E-state index in [2.05, 4.69) is 5.32 Å². The Kier molecular flexibility index (Phi) is 6.94. The number of likely N-dealkylation sites (tertiary alicyclic amines) is 1. The van der Waals surface area contributed by atoms with E-state index >= 15 is 0 Å². The van der Waals surface area contributed by atoms with Crippen LogP contribution in [0.3, 0.4) is 0 Å². The van der Waals surface area contributed by atoms with Crippen molar-refractivity contribution in [1.29, 1.82) is 0 Å². The number of hydrogen-bond donors (Lipinski definition) is 1. The molecule has 1 fully saturated rings. The van der Waals surface area contributed by atoms with Gasteiger partial charge in [0, 0.05) is 19.0 Å². The van der Waals surface area contributed by atoms with Crippen molar-refractivity contribution in [2.75, 3.05) is 39.2 Å². The van der Waals surface area contributed by atoms with E-state index in [9.17, 15) is 9.59 Å². The van der Waals surface area contributed by atoms with Crippen LogP contribution < -0.4 is 19.5 Å². The zero-order chi connectivity index (χ0) is 20.6. The van der Waals surface area contributed by atoms with E-state index in [0.717, 1.165) is 0 Å². The predicted molar refractivity (Wildman–Crippen MR) is 109 cm³/mol. The average molecular weight is 398 g/mol. The molecule has 1 saturated heterocycles. The summed E-state index contributed by atoms with van der Waals surface area (Å²) in [5.41, 5.74) is 0.656. The third-order valence-electron chi connectivity index (χ3n) is 5.00. The number of nitrogens with zero attached hydrogens (tertiary/aromatic N) is 1. The number of rotatable bonds is 7. The predicted octanol–water partition coefficient (Wildman–Crippen LogP) is 2.96. The van der Waals surface area contributed by atoms with Gasteiger partial charge < -0.3 is 24.4 Å². The quantitative estimate of drug-likeness (QED) is 0.776. The van der Waals surface area contributed by atoms with Gasteiger partial charge in [0.15, 0.2) is 18.1 Å². The van der Waals surface area contributed by atoms with Gasteiger partial charge in [-0.05, 0) is 37.1 Å². The summed E-state index contributed by atoms with van der Waals surface area (Å²) in [5, 5.41) is 2.93. The Balaban J connectivity index is 1.48. The number of ether oxygens (including phenoxy) is 3. The maximum absolute atomic E-state index is 12.6. The molecule has 2 aromatic rings. The molecule has 7 nitrogen and oxygen atoms in total. The van der Waals surface area contributed by atoms with Crippen molar-refractivity contribution in [3.8, 4) is 17.2 Å². The van der Waals surface area contributed by atoms with Gasteiger partial charge in [0.2, 0.25) is 5.91 Å². The minimum atomic E-state index is -0.140. The van der Waals surface area contributed by atoms with Crippen molar-refractivity contribution in [3.63, 3.8) is 0 Å². The summed E-state index contributed by atoms with van der Waals surface area (Å²) in [7, 11) is 3.13. The highest BCUT2D eigenvalue weighted by molar-refractivity contribution is 5.94. The van der Waals surface area contributed by atoms with E-state index in [0.29, 0.717) is 48.9 Å². The zero-order valence-electron chi connectivity index (χ0n) is 16.7. The van der Waals surface area contributed by atoms with Crippen LogP contribution in [0.4, 0.5) is 5.69 Å². The molecule has 1 aliphatic heterocycles. The molecule has 2 aromatic carbocycles. The molecule has 1 aliphatic rings. The highest BCUT2D eigenvalue weighted by Crippen LogP contribution is 2.27. The highest BCUT2D eigenvalue weighted by Gasteiger charge is 2.28. The van der Waals surface area contributed by atoms with Crippen molar-refractivity contribution >= 4 is 17.5 Å². The second kappa shape index (κ2) is 9.82. The molecule has 1 N–H and O–H groups in total. The molecular weight excluding hydrogens is 372 g/mol. The van der Waals surface area contributed by atoms with Crippen LogP contribution in [0.2, 0.25) is 0 Å². The first kappa shape index (κ1) is 20.5. The van der Waals surface area contributed by atoms with Gasteiger partial charge in [0.25, 0.3) is 5.91 Å². The van der Waals surface area contributed by atoms with Gasteiger partial charge in [-0.1, -0.05) is 24.3 Å². The number of amides is 2. The van der Waals surface area contributed by atoms with Gasteiger partial charge in [-0.15, -0.1) is 0 Å². The second-order valence-corrected chi connectivity index (χ2v) is 6.78. The Morgan fingerprint density at radius 2 is 1.52 bits per heavy atom. The Labute approximate surface area is 170 Å².